The minimum Gasteiger partial charge on any atom is -0.348 e. The SMILES string of the molecule is CC(C)(N)CCNC(=O)C(=O)NCCC(C)(C)N. The van der Waals surface area contributed by atoms with Crippen molar-refractivity contribution in [3.63, 3.8) is 0 Å². The van der Waals surface area contributed by atoms with Gasteiger partial charge >= 0.3 is 11.8 Å². The van der Waals surface area contributed by atoms with Crippen molar-refractivity contribution in [2.45, 2.75) is 51.6 Å². The maximum Gasteiger partial charge on any atom is 0.309 e. The Hall–Kier alpha value is -1.14. The summed E-state index contributed by atoms with van der Waals surface area (Å²) >= 11 is 0. The van der Waals surface area contributed by atoms with Crippen molar-refractivity contribution in [2.75, 3.05) is 13.1 Å². The van der Waals surface area contributed by atoms with Crippen LogP contribution in [0.2, 0.25) is 0 Å². The third-order valence-corrected chi connectivity index (χ3v) is 2.32. The molecule has 0 atom stereocenters. The maximum atomic E-state index is 11.4. The van der Waals surface area contributed by atoms with Crippen molar-refractivity contribution in [1.82, 2.24) is 10.6 Å². The van der Waals surface area contributed by atoms with Crippen LogP contribution in [0.25, 0.3) is 0 Å². The molecule has 0 saturated carbocycles. The Morgan fingerprint density at radius 2 is 1.11 bits per heavy atom. The summed E-state index contributed by atoms with van der Waals surface area (Å²) in [7, 11) is 0. The fourth-order valence-electron chi connectivity index (χ4n) is 1.16. The van der Waals surface area contributed by atoms with Crippen LogP contribution >= 0.6 is 0 Å². The van der Waals surface area contributed by atoms with E-state index in [1.807, 2.05) is 27.7 Å². The molecule has 0 aromatic heterocycles. The molecule has 106 valence electrons. The van der Waals surface area contributed by atoms with Gasteiger partial charge in [-0.05, 0) is 40.5 Å². The van der Waals surface area contributed by atoms with Crippen molar-refractivity contribution in [3.05, 3.63) is 0 Å². The van der Waals surface area contributed by atoms with Gasteiger partial charge < -0.3 is 22.1 Å². The minimum absolute atomic E-state index is 0.354. The van der Waals surface area contributed by atoms with Crippen LogP contribution in [0.5, 0.6) is 0 Å². The Morgan fingerprint density at radius 1 is 0.833 bits per heavy atom. The van der Waals surface area contributed by atoms with Crippen molar-refractivity contribution < 1.29 is 9.59 Å². The highest BCUT2D eigenvalue weighted by molar-refractivity contribution is 6.35. The summed E-state index contributed by atoms with van der Waals surface area (Å²) in [6.07, 6.45) is 1.23. The van der Waals surface area contributed by atoms with Crippen LogP contribution in [0.4, 0.5) is 0 Å². The van der Waals surface area contributed by atoms with Crippen molar-refractivity contribution in [1.29, 1.82) is 0 Å². The Bertz CT molecular complexity index is 259. The molecule has 6 heteroatoms. The van der Waals surface area contributed by atoms with Crippen LogP contribution in [0, 0.1) is 0 Å². The van der Waals surface area contributed by atoms with Gasteiger partial charge in [-0.25, -0.2) is 0 Å². The van der Waals surface area contributed by atoms with Crippen LogP contribution in [0.1, 0.15) is 40.5 Å². The zero-order valence-corrected chi connectivity index (χ0v) is 11.8. The lowest BCUT2D eigenvalue weighted by molar-refractivity contribution is -0.139. The second-order valence-electron chi connectivity index (χ2n) is 5.99. The van der Waals surface area contributed by atoms with E-state index in [1.165, 1.54) is 0 Å². The first-order valence-electron chi connectivity index (χ1n) is 6.15. The van der Waals surface area contributed by atoms with E-state index in [0.29, 0.717) is 25.9 Å². The zero-order valence-electron chi connectivity index (χ0n) is 11.8. The van der Waals surface area contributed by atoms with Gasteiger partial charge in [0.25, 0.3) is 0 Å². The summed E-state index contributed by atoms with van der Waals surface area (Å²) in [5.41, 5.74) is 10.8. The number of hydrogen-bond acceptors (Lipinski definition) is 4. The van der Waals surface area contributed by atoms with Crippen LogP contribution < -0.4 is 22.1 Å². The smallest absolute Gasteiger partial charge is 0.309 e. The summed E-state index contributed by atoms with van der Waals surface area (Å²) in [6.45, 7) is 8.23. The number of carbonyl (C=O) groups is 2. The van der Waals surface area contributed by atoms with Crippen LogP contribution in [-0.4, -0.2) is 36.0 Å². The maximum absolute atomic E-state index is 11.4. The van der Waals surface area contributed by atoms with E-state index in [-0.39, 0.29) is 11.1 Å². The molecule has 0 aromatic carbocycles. The minimum atomic E-state index is -0.630. The standard InChI is InChI=1S/C12H26N4O2/c1-11(2,13)5-7-15-9(17)10(18)16-8-6-12(3,4)14/h5-8,13-14H2,1-4H3,(H,15,17)(H,16,18). The average Bonchev–Trinajstić information content (AvgIpc) is 2.13. The van der Waals surface area contributed by atoms with E-state index in [1.54, 1.807) is 0 Å². The van der Waals surface area contributed by atoms with Crippen molar-refractivity contribution in [3.8, 4) is 0 Å². The van der Waals surface area contributed by atoms with Gasteiger partial charge in [0.2, 0.25) is 0 Å². The number of hydrogen-bond donors (Lipinski definition) is 4. The van der Waals surface area contributed by atoms with Gasteiger partial charge in [-0.15, -0.1) is 0 Å². The topological polar surface area (TPSA) is 110 Å². The highest BCUT2D eigenvalue weighted by Gasteiger charge is 2.16. The fraction of sp³-hybridized carbons (Fsp3) is 0.833. The number of amides is 2. The predicted octanol–water partition coefficient (Wildman–Crippen LogP) is -0.526. The van der Waals surface area contributed by atoms with Crippen LogP contribution in [0.3, 0.4) is 0 Å². The molecule has 0 aliphatic heterocycles. The van der Waals surface area contributed by atoms with Crippen molar-refractivity contribution in [2.24, 2.45) is 11.5 Å². The largest absolute Gasteiger partial charge is 0.348 e. The second-order valence-corrected chi connectivity index (χ2v) is 5.99. The van der Waals surface area contributed by atoms with E-state index in [9.17, 15) is 9.59 Å². The van der Waals surface area contributed by atoms with E-state index in [0.717, 1.165) is 0 Å². The van der Waals surface area contributed by atoms with E-state index >= 15 is 0 Å². The first-order valence-corrected chi connectivity index (χ1v) is 6.15. The zero-order chi connectivity index (χ0) is 14.4. The van der Waals surface area contributed by atoms with Gasteiger partial charge in [0.15, 0.2) is 0 Å². The van der Waals surface area contributed by atoms with E-state index in [4.69, 9.17) is 11.5 Å². The fourth-order valence-corrected chi connectivity index (χ4v) is 1.16. The first-order chi connectivity index (χ1) is 8.01. The third-order valence-electron chi connectivity index (χ3n) is 2.32. The molecule has 0 spiro atoms. The van der Waals surface area contributed by atoms with E-state index < -0.39 is 11.8 Å². The van der Waals surface area contributed by atoms with Gasteiger partial charge in [-0.1, -0.05) is 0 Å². The lowest BCUT2D eigenvalue weighted by atomic mass is 10.0. The molecule has 6 N–H and O–H groups in total. The lowest BCUT2D eigenvalue weighted by Gasteiger charge is -2.19. The van der Waals surface area contributed by atoms with Crippen molar-refractivity contribution >= 4 is 11.8 Å². The predicted molar refractivity (Wildman–Crippen MR) is 71.8 cm³/mol. The summed E-state index contributed by atoms with van der Waals surface area (Å²) in [5.74, 6) is -1.26. The van der Waals surface area contributed by atoms with Gasteiger partial charge in [-0.2, -0.15) is 0 Å². The Kier molecular flexibility index (Phi) is 6.28. The summed E-state index contributed by atoms with van der Waals surface area (Å²) in [5, 5.41) is 5.05. The number of nitrogens with one attached hydrogen (secondary N) is 2. The lowest BCUT2D eigenvalue weighted by Crippen LogP contribution is -2.44. The molecule has 0 heterocycles. The molecular formula is C12H26N4O2. The van der Waals surface area contributed by atoms with Gasteiger partial charge in [0.05, 0.1) is 0 Å². The van der Waals surface area contributed by atoms with E-state index in [2.05, 4.69) is 10.6 Å². The molecule has 0 aromatic rings. The second kappa shape index (κ2) is 6.70. The quantitative estimate of drug-likeness (QED) is 0.480. The Labute approximate surface area is 109 Å². The molecule has 2 amide bonds. The molecule has 0 rings (SSSR count). The Morgan fingerprint density at radius 3 is 1.33 bits per heavy atom. The van der Waals surface area contributed by atoms with Crippen LogP contribution in [-0.2, 0) is 9.59 Å². The highest BCUT2D eigenvalue weighted by Crippen LogP contribution is 2.01. The number of nitrogens with two attached hydrogens (primary N) is 2. The van der Waals surface area contributed by atoms with Crippen LogP contribution in [0.15, 0.2) is 0 Å². The monoisotopic (exact) mass is 258 g/mol. The molecule has 0 saturated heterocycles. The molecule has 18 heavy (non-hydrogen) atoms. The van der Waals surface area contributed by atoms with Gasteiger partial charge in [-0.3, -0.25) is 9.59 Å². The number of carbonyl (C=O) groups excluding carboxylic acids is 2. The molecule has 0 bridgehead atoms. The summed E-state index contributed by atoms with van der Waals surface area (Å²) < 4.78 is 0. The first kappa shape index (κ1) is 16.9. The van der Waals surface area contributed by atoms with Gasteiger partial charge in [0.1, 0.15) is 0 Å². The number of rotatable bonds is 6. The molecule has 0 fully saturated rings. The molecule has 0 aliphatic rings. The highest BCUT2D eigenvalue weighted by atomic mass is 16.2. The summed E-state index contributed by atoms with van der Waals surface area (Å²) in [6, 6.07) is 0. The van der Waals surface area contributed by atoms with Gasteiger partial charge in [0, 0.05) is 24.2 Å². The third kappa shape index (κ3) is 10.0. The molecular weight excluding hydrogens is 232 g/mol. The normalized spacial score (nSPS) is 12.1. The molecule has 0 aliphatic carbocycles. The Balaban J connectivity index is 3.81. The summed E-state index contributed by atoms with van der Waals surface area (Å²) in [4.78, 5) is 22.8. The molecule has 6 nitrogen and oxygen atoms in total. The average molecular weight is 258 g/mol. The molecule has 0 unspecified atom stereocenters. The molecule has 0 radical (unpaired) electrons.